The van der Waals surface area contributed by atoms with Gasteiger partial charge in [-0.25, -0.2) is 0 Å². The number of carboxylic acid groups (broad SMARTS) is 1. The third-order valence-corrected chi connectivity index (χ3v) is 6.64. The second-order valence-corrected chi connectivity index (χ2v) is 8.83. The van der Waals surface area contributed by atoms with Gasteiger partial charge in [0.1, 0.15) is 0 Å². The van der Waals surface area contributed by atoms with Crippen LogP contribution in [0.1, 0.15) is 71.6 Å². The molecule has 0 amide bonds. The Morgan fingerprint density at radius 2 is 1.81 bits per heavy atom. The topological polar surface area (TPSA) is 98.0 Å². The minimum absolute atomic E-state index is 0.0175. The van der Waals surface area contributed by atoms with E-state index in [0.717, 1.165) is 51.4 Å². The van der Waals surface area contributed by atoms with E-state index in [1.807, 2.05) is 13.0 Å². The van der Waals surface area contributed by atoms with E-state index in [1.54, 1.807) is 6.08 Å². The molecule has 2 aliphatic carbocycles. The van der Waals surface area contributed by atoms with Crippen molar-refractivity contribution in [2.24, 2.45) is 29.6 Å². The summed E-state index contributed by atoms with van der Waals surface area (Å²) in [4.78, 5) is 10.9. The fourth-order valence-corrected chi connectivity index (χ4v) is 4.56. The van der Waals surface area contributed by atoms with Crippen LogP contribution < -0.4 is 0 Å². The maximum atomic E-state index is 10.9. The van der Waals surface area contributed by atoms with E-state index in [4.69, 9.17) is 5.11 Å². The summed E-state index contributed by atoms with van der Waals surface area (Å²) in [5.74, 6) is -0.382. The van der Waals surface area contributed by atoms with Gasteiger partial charge in [-0.1, -0.05) is 51.7 Å². The number of rotatable bonds is 12. The fourth-order valence-electron chi connectivity index (χ4n) is 4.56. The van der Waals surface area contributed by atoms with Crippen LogP contribution in [0.25, 0.3) is 0 Å². The normalized spacial score (nSPS) is 35.4. The zero-order valence-electron chi connectivity index (χ0n) is 16.8. The quantitative estimate of drug-likeness (QED) is 0.306. The molecule has 8 atom stereocenters. The summed E-state index contributed by atoms with van der Waals surface area (Å²) in [5.41, 5.74) is 0. The smallest absolute Gasteiger partial charge is 0.306 e. The highest BCUT2D eigenvalue weighted by Gasteiger charge is 2.43. The summed E-state index contributed by atoms with van der Waals surface area (Å²) >= 11 is 0. The molecule has 0 unspecified atom stereocenters. The first kappa shape index (κ1) is 22.4. The second kappa shape index (κ2) is 10.6. The van der Waals surface area contributed by atoms with Crippen molar-refractivity contribution in [3.05, 3.63) is 12.2 Å². The van der Waals surface area contributed by atoms with Gasteiger partial charge in [0.05, 0.1) is 24.2 Å². The standard InChI is InChI=1S/C22H38O5/c1-3-4-7-14(2)19(23)11-10-17-16(20(24)13-21(17)25)9-6-5-8-15-12-18(15)22(26)27/h10-11,14-21,23-25H,3-9,12-13H2,1-2H3,(H,26,27)/b11-10+/t14-,15-,16-,17-,18-,19-,20+,21-/m1/s1. The van der Waals surface area contributed by atoms with Gasteiger partial charge in [0, 0.05) is 12.3 Å². The van der Waals surface area contributed by atoms with E-state index in [1.165, 1.54) is 0 Å². The van der Waals surface area contributed by atoms with Crippen molar-refractivity contribution < 1.29 is 25.2 Å². The first-order valence-electron chi connectivity index (χ1n) is 10.8. The van der Waals surface area contributed by atoms with Crippen LogP contribution in [0.15, 0.2) is 12.2 Å². The lowest BCUT2D eigenvalue weighted by Gasteiger charge is -2.22. The molecule has 0 radical (unpaired) electrons. The van der Waals surface area contributed by atoms with Crippen molar-refractivity contribution in [1.82, 2.24) is 0 Å². The van der Waals surface area contributed by atoms with Crippen LogP contribution in [0.3, 0.4) is 0 Å². The molecule has 2 rings (SSSR count). The summed E-state index contributed by atoms with van der Waals surface area (Å²) in [6.07, 6.45) is 10.2. The van der Waals surface area contributed by atoms with E-state index >= 15 is 0 Å². The van der Waals surface area contributed by atoms with E-state index in [0.29, 0.717) is 12.3 Å². The molecule has 2 fully saturated rings. The Labute approximate surface area is 163 Å². The van der Waals surface area contributed by atoms with Crippen molar-refractivity contribution in [3.63, 3.8) is 0 Å². The molecular formula is C22H38O5. The first-order valence-corrected chi connectivity index (χ1v) is 10.8. The molecule has 0 spiro atoms. The zero-order valence-corrected chi connectivity index (χ0v) is 16.8. The third-order valence-electron chi connectivity index (χ3n) is 6.64. The number of unbranched alkanes of at least 4 members (excludes halogenated alkanes) is 2. The average Bonchev–Trinajstić information content (AvgIpc) is 3.35. The molecule has 2 aliphatic rings. The van der Waals surface area contributed by atoms with Gasteiger partial charge in [-0.05, 0) is 43.4 Å². The highest BCUT2D eigenvalue weighted by molar-refractivity contribution is 5.73. The van der Waals surface area contributed by atoms with Crippen LogP contribution in [-0.2, 0) is 4.79 Å². The SMILES string of the molecule is CCCC[C@@H](C)[C@H](O)/C=C/[C@@H]1[C@@H](CCCC[C@@H]2C[C@H]2C(=O)O)[C@@H](O)C[C@H]1O. The molecule has 0 saturated heterocycles. The lowest BCUT2D eigenvalue weighted by atomic mass is 9.87. The fraction of sp³-hybridized carbons (Fsp3) is 0.864. The molecule has 2 saturated carbocycles. The highest BCUT2D eigenvalue weighted by Crippen LogP contribution is 2.43. The van der Waals surface area contributed by atoms with E-state index < -0.39 is 24.3 Å². The predicted molar refractivity (Wildman–Crippen MR) is 105 cm³/mol. The molecule has 0 aliphatic heterocycles. The number of hydrogen-bond donors (Lipinski definition) is 4. The van der Waals surface area contributed by atoms with Crippen molar-refractivity contribution >= 4 is 5.97 Å². The molecule has 0 bridgehead atoms. The summed E-state index contributed by atoms with van der Waals surface area (Å²) in [7, 11) is 0. The van der Waals surface area contributed by atoms with Gasteiger partial charge >= 0.3 is 5.97 Å². The van der Waals surface area contributed by atoms with Crippen LogP contribution in [0.2, 0.25) is 0 Å². The minimum atomic E-state index is -0.675. The molecule has 27 heavy (non-hydrogen) atoms. The van der Waals surface area contributed by atoms with E-state index in [-0.39, 0.29) is 23.7 Å². The molecule has 0 aromatic heterocycles. The molecule has 5 nitrogen and oxygen atoms in total. The van der Waals surface area contributed by atoms with E-state index in [9.17, 15) is 20.1 Å². The Morgan fingerprint density at radius 3 is 2.44 bits per heavy atom. The molecule has 4 N–H and O–H groups in total. The Morgan fingerprint density at radius 1 is 1.11 bits per heavy atom. The van der Waals surface area contributed by atoms with Crippen molar-refractivity contribution in [2.45, 2.75) is 89.9 Å². The van der Waals surface area contributed by atoms with Crippen molar-refractivity contribution in [1.29, 1.82) is 0 Å². The van der Waals surface area contributed by atoms with Crippen LogP contribution in [0.4, 0.5) is 0 Å². The number of aliphatic hydroxyl groups excluding tert-OH is 3. The zero-order chi connectivity index (χ0) is 20.0. The van der Waals surface area contributed by atoms with Crippen LogP contribution in [0, 0.1) is 29.6 Å². The molecular weight excluding hydrogens is 344 g/mol. The van der Waals surface area contributed by atoms with Crippen molar-refractivity contribution in [2.75, 3.05) is 0 Å². The third kappa shape index (κ3) is 6.58. The first-order chi connectivity index (χ1) is 12.8. The van der Waals surface area contributed by atoms with E-state index in [2.05, 4.69) is 6.92 Å². The number of carboxylic acids is 1. The van der Waals surface area contributed by atoms with Gasteiger partial charge in [0.25, 0.3) is 0 Å². The maximum Gasteiger partial charge on any atom is 0.306 e. The second-order valence-electron chi connectivity index (χ2n) is 8.83. The molecule has 0 heterocycles. The Bertz CT molecular complexity index is 491. The summed E-state index contributed by atoms with van der Waals surface area (Å²) < 4.78 is 0. The van der Waals surface area contributed by atoms with Gasteiger partial charge < -0.3 is 20.4 Å². The largest absolute Gasteiger partial charge is 0.481 e. The molecule has 5 heteroatoms. The summed E-state index contributed by atoms with van der Waals surface area (Å²) in [6.45, 7) is 4.19. The Kier molecular flexibility index (Phi) is 8.77. The predicted octanol–water partition coefficient (Wildman–Crippen LogP) is 3.37. The van der Waals surface area contributed by atoms with Crippen LogP contribution in [-0.4, -0.2) is 44.7 Å². The van der Waals surface area contributed by atoms with Crippen LogP contribution in [0.5, 0.6) is 0 Å². The average molecular weight is 383 g/mol. The van der Waals surface area contributed by atoms with Gasteiger partial charge in [0.2, 0.25) is 0 Å². The minimum Gasteiger partial charge on any atom is -0.481 e. The highest BCUT2D eigenvalue weighted by atomic mass is 16.4. The monoisotopic (exact) mass is 382 g/mol. The summed E-state index contributed by atoms with van der Waals surface area (Å²) in [5, 5.41) is 39.9. The van der Waals surface area contributed by atoms with Crippen LogP contribution >= 0.6 is 0 Å². The number of aliphatic carboxylic acids is 1. The Balaban J connectivity index is 1.77. The molecule has 0 aromatic carbocycles. The number of carbonyl (C=O) groups is 1. The van der Waals surface area contributed by atoms with Gasteiger partial charge in [-0.15, -0.1) is 0 Å². The van der Waals surface area contributed by atoms with Crippen molar-refractivity contribution in [3.8, 4) is 0 Å². The lowest BCUT2D eigenvalue weighted by molar-refractivity contribution is -0.138. The number of hydrogen-bond acceptors (Lipinski definition) is 4. The lowest BCUT2D eigenvalue weighted by Crippen LogP contribution is -2.22. The van der Waals surface area contributed by atoms with Gasteiger partial charge in [-0.2, -0.15) is 0 Å². The van der Waals surface area contributed by atoms with Gasteiger partial charge in [0.15, 0.2) is 0 Å². The maximum absolute atomic E-state index is 10.9. The molecule has 156 valence electrons. The number of aliphatic hydroxyl groups is 3. The summed E-state index contributed by atoms with van der Waals surface area (Å²) in [6, 6.07) is 0. The Hall–Kier alpha value is -0.910. The molecule has 0 aromatic rings. The van der Waals surface area contributed by atoms with Gasteiger partial charge in [-0.3, -0.25) is 4.79 Å².